The van der Waals surface area contributed by atoms with Gasteiger partial charge in [-0.2, -0.15) is 0 Å². The van der Waals surface area contributed by atoms with E-state index < -0.39 is 5.41 Å². The number of carbonyl (C=O) groups is 1. The Hall–Kier alpha value is -2.29. The van der Waals surface area contributed by atoms with Crippen molar-refractivity contribution in [3.63, 3.8) is 0 Å². The Morgan fingerprint density at radius 2 is 1.76 bits per heavy atom. The van der Waals surface area contributed by atoms with E-state index in [1.807, 2.05) is 19.9 Å². The number of ketones is 1. The lowest BCUT2D eigenvalue weighted by molar-refractivity contribution is -0.120. The quantitative estimate of drug-likeness (QED) is 0.789. The number of methoxy groups -OCH3 is 2. The van der Waals surface area contributed by atoms with Gasteiger partial charge < -0.3 is 9.47 Å². The molecule has 0 saturated carbocycles. The van der Waals surface area contributed by atoms with Crippen LogP contribution in [-0.4, -0.2) is 20.0 Å². The van der Waals surface area contributed by atoms with E-state index in [4.69, 9.17) is 9.47 Å². The Morgan fingerprint density at radius 3 is 2.36 bits per heavy atom. The SMILES string of the molecule is COc1c(C(C)C)cc2c(c1OC)C=C1C=CC(=O)C(C)(C)C1=CC2. The summed E-state index contributed by atoms with van der Waals surface area (Å²) in [4.78, 5) is 12.3. The first-order chi connectivity index (χ1) is 11.8. The van der Waals surface area contributed by atoms with E-state index in [-0.39, 0.29) is 5.78 Å². The minimum absolute atomic E-state index is 0.147. The molecule has 0 bridgehead atoms. The van der Waals surface area contributed by atoms with Crippen LogP contribution in [0.3, 0.4) is 0 Å². The number of ether oxygens (including phenoxy) is 2. The highest BCUT2D eigenvalue weighted by molar-refractivity contribution is 6.01. The van der Waals surface area contributed by atoms with Crippen LogP contribution in [0.2, 0.25) is 0 Å². The molecule has 0 N–H and O–H groups in total. The molecule has 0 atom stereocenters. The summed E-state index contributed by atoms with van der Waals surface area (Å²) >= 11 is 0. The first kappa shape index (κ1) is 17.5. The van der Waals surface area contributed by atoms with Gasteiger partial charge in [0.15, 0.2) is 17.3 Å². The maximum atomic E-state index is 12.3. The standard InChI is InChI=1S/C22H26O3/c1-13(2)16-11-14-7-9-18-15(8-10-19(23)22(18,3)4)12-17(14)21(25-6)20(16)24-5/h8-13H,7H2,1-6H3. The van der Waals surface area contributed by atoms with E-state index >= 15 is 0 Å². The van der Waals surface area contributed by atoms with E-state index in [1.54, 1.807) is 20.3 Å². The zero-order valence-electron chi connectivity index (χ0n) is 15.9. The fourth-order valence-corrected chi connectivity index (χ4v) is 3.72. The summed E-state index contributed by atoms with van der Waals surface area (Å²) in [7, 11) is 3.37. The summed E-state index contributed by atoms with van der Waals surface area (Å²) in [6.07, 6.45) is 8.69. The minimum Gasteiger partial charge on any atom is -0.493 e. The molecule has 3 rings (SSSR count). The van der Waals surface area contributed by atoms with Crippen LogP contribution in [0.25, 0.3) is 6.08 Å². The number of hydrogen-bond donors (Lipinski definition) is 0. The van der Waals surface area contributed by atoms with Gasteiger partial charge in [-0.05, 0) is 55.0 Å². The molecule has 0 saturated heterocycles. The Kier molecular flexibility index (Phi) is 4.36. The van der Waals surface area contributed by atoms with Gasteiger partial charge in [-0.15, -0.1) is 0 Å². The molecule has 0 radical (unpaired) electrons. The van der Waals surface area contributed by atoms with E-state index in [1.165, 1.54) is 5.56 Å². The first-order valence-corrected chi connectivity index (χ1v) is 8.74. The van der Waals surface area contributed by atoms with Gasteiger partial charge in [0.1, 0.15) is 0 Å². The van der Waals surface area contributed by atoms with Gasteiger partial charge in [0, 0.05) is 11.1 Å². The number of benzene rings is 1. The Balaban J connectivity index is 2.28. The molecule has 0 fully saturated rings. The van der Waals surface area contributed by atoms with Crippen molar-refractivity contribution in [3.05, 3.63) is 52.1 Å². The largest absolute Gasteiger partial charge is 0.493 e. The van der Waals surface area contributed by atoms with Crippen LogP contribution in [0.1, 0.15) is 50.3 Å². The van der Waals surface area contributed by atoms with Crippen molar-refractivity contribution in [2.45, 2.75) is 40.0 Å². The van der Waals surface area contributed by atoms with Gasteiger partial charge in [0.05, 0.1) is 19.6 Å². The topological polar surface area (TPSA) is 35.5 Å². The summed E-state index contributed by atoms with van der Waals surface area (Å²) in [6, 6.07) is 2.21. The molecule has 2 aliphatic rings. The molecular formula is C22H26O3. The molecule has 2 aliphatic carbocycles. The monoisotopic (exact) mass is 338 g/mol. The zero-order chi connectivity index (χ0) is 18.4. The Morgan fingerprint density at radius 1 is 1.08 bits per heavy atom. The second-order valence-electron chi connectivity index (χ2n) is 7.50. The van der Waals surface area contributed by atoms with Crippen molar-refractivity contribution >= 4 is 11.9 Å². The molecule has 25 heavy (non-hydrogen) atoms. The molecule has 0 amide bonds. The number of hydrogen-bond acceptors (Lipinski definition) is 3. The van der Waals surface area contributed by atoms with Crippen LogP contribution in [0.5, 0.6) is 11.5 Å². The van der Waals surface area contributed by atoms with Gasteiger partial charge in [-0.1, -0.05) is 32.1 Å². The van der Waals surface area contributed by atoms with Crippen molar-refractivity contribution < 1.29 is 14.3 Å². The predicted octanol–water partition coefficient (Wildman–Crippen LogP) is 4.86. The Bertz CT molecular complexity index is 820. The van der Waals surface area contributed by atoms with E-state index in [2.05, 4.69) is 32.1 Å². The maximum Gasteiger partial charge on any atom is 0.168 e. The summed E-state index contributed by atoms with van der Waals surface area (Å²) in [5, 5.41) is 0. The first-order valence-electron chi connectivity index (χ1n) is 8.74. The lowest BCUT2D eigenvalue weighted by Gasteiger charge is -2.29. The molecule has 3 nitrogen and oxygen atoms in total. The number of allylic oxidation sites excluding steroid dienone is 5. The number of fused-ring (bicyclic) bond motifs is 2. The van der Waals surface area contributed by atoms with E-state index in [0.29, 0.717) is 5.92 Å². The van der Waals surface area contributed by atoms with Crippen molar-refractivity contribution in [1.29, 1.82) is 0 Å². The van der Waals surface area contributed by atoms with E-state index in [0.717, 1.165) is 40.2 Å². The van der Waals surface area contributed by atoms with Crippen LogP contribution in [0.4, 0.5) is 0 Å². The lowest BCUT2D eigenvalue weighted by Crippen LogP contribution is -2.28. The second kappa shape index (κ2) is 6.21. The predicted molar refractivity (Wildman–Crippen MR) is 101 cm³/mol. The van der Waals surface area contributed by atoms with Gasteiger partial charge >= 0.3 is 0 Å². The van der Waals surface area contributed by atoms with Crippen LogP contribution in [-0.2, 0) is 11.2 Å². The molecule has 0 heterocycles. The third-order valence-electron chi connectivity index (χ3n) is 5.26. The summed E-state index contributed by atoms with van der Waals surface area (Å²) < 4.78 is 11.4. The van der Waals surface area contributed by atoms with Crippen LogP contribution < -0.4 is 9.47 Å². The van der Waals surface area contributed by atoms with Crippen molar-refractivity contribution in [2.24, 2.45) is 5.41 Å². The second-order valence-corrected chi connectivity index (χ2v) is 7.50. The summed E-state index contributed by atoms with van der Waals surface area (Å²) in [5.74, 6) is 2.05. The Labute approximate surface area is 150 Å². The molecule has 0 spiro atoms. The molecule has 0 unspecified atom stereocenters. The minimum atomic E-state index is -0.499. The van der Waals surface area contributed by atoms with Crippen molar-refractivity contribution in [1.82, 2.24) is 0 Å². The third-order valence-corrected chi connectivity index (χ3v) is 5.26. The van der Waals surface area contributed by atoms with Gasteiger partial charge in [0.2, 0.25) is 0 Å². The molecule has 1 aromatic carbocycles. The van der Waals surface area contributed by atoms with Crippen LogP contribution >= 0.6 is 0 Å². The lowest BCUT2D eigenvalue weighted by atomic mass is 9.73. The van der Waals surface area contributed by atoms with E-state index in [9.17, 15) is 4.79 Å². The third kappa shape index (κ3) is 2.72. The number of rotatable bonds is 3. The molecule has 1 aromatic rings. The number of carbonyl (C=O) groups excluding carboxylic acids is 1. The van der Waals surface area contributed by atoms with Gasteiger partial charge in [-0.25, -0.2) is 0 Å². The fourth-order valence-electron chi connectivity index (χ4n) is 3.72. The average molecular weight is 338 g/mol. The van der Waals surface area contributed by atoms with Gasteiger partial charge in [0.25, 0.3) is 0 Å². The average Bonchev–Trinajstić information content (AvgIpc) is 2.76. The summed E-state index contributed by atoms with van der Waals surface area (Å²) in [5.41, 5.74) is 5.04. The highest BCUT2D eigenvalue weighted by Crippen LogP contribution is 2.46. The van der Waals surface area contributed by atoms with Crippen molar-refractivity contribution in [2.75, 3.05) is 14.2 Å². The summed E-state index contributed by atoms with van der Waals surface area (Å²) in [6.45, 7) is 8.29. The maximum absolute atomic E-state index is 12.3. The fraction of sp³-hybridized carbons (Fsp3) is 0.409. The molecule has 0 aromatic heterocycles. The molecular weight excluding hydrogens is 312 g/mol. The normalized spacial score (nSPS) is 18.1. The van der Waals surface area contributed by atoms with Crippen molar-refractivity contribution in [3.8, 4) is 11.5 Å². The van der Waals surface area contributed by atoms with Gasteiger partial charge in [-0.3, -0.25) is 4.79 Å². The van der Waals surface area contributed by atoms with Crippen LogP contribution in [0.15, 0.2) is 35.4 Å². The highest BCUT2D eigenvalue weighted by Gasteiger charge is 2.35. The highest BCUT2D eigenvalue weighted by atomic mass is 16.5. The molecule has 3 heteroatoms. The van der Waals surface area contributed by atoms with Crippen LogP contribution in [0, 0.1) is 5.41 Å². The zero-order valence-corrected chi connectivity index (χ0v) is 15.9. The smallest absolute Gasteiger partial charge is 0.168 e. The molecule has 0 aliphatic heterocycles. The molecule has 132 valence electrons.